The number of rotatable bonds is 1. The number of hydrogen-bond donors (Lipinski definition) is 0. The topological polar surface area (TPSA) is 53.3 Å². The number of hydrogen-bond acceptors (Lipinski definition) is 3. The maximum Gasteiger partial charge on any atom is 0.410 e. The van der Waals surface area contributed by atoms with Crippen LogP contribution >= 0.6 is 0 Å². The number of nitrogens with zero attached hydrogens (tertiary/aromatic N) is 2. The number of amides is 1. The fourth-order valence-corrected chi connectivity index (χ4v) is 4.93. The zero-order valence-corrected chi connectivity index (χ0v) is 15.0. The predicted octanol–water partition coefficient (Wildman–Crippen LogP) is 4.35. The number of likely N-dealkylation sites (tertiary alicyclic amines) is 1. The molecule has 128 valence electrons. The summed E-state index contributed by atoms with van der Waals surface area (Å²) in [5.41, 5.74) is 0.00483. The number of carbonyl (C=O) groups excluding carboxylic acids is 1. The van der Waals surface area contributed by atoms with E-state index in [0.29, 0.717) is 23.3 Å². The van der Waals surface area contributed by atoms with Crippen LogP contribution in [0.2, 0.25) is 0 Å². The van der Waals surface area contributed by atoms with E-state index in [0.717, 1.165) is 25.8 Å². The lowest BCUT2D eigenvalue weighted by atomic mass is 9.47. The van der Waals surface area contributed by atoms with E-state index in [-0.39, 0.29) is 12.0 Å². The minimum Gasteiger partial charge on any atom is -0.444 e. The molecular weight excluding hydrogens is 288 g/mol. The van der Waals surface area contributed by atoms with Crippen LogP contribution in [0.4, 0.5) is 4.79 Å². The lowest BCUT2D eigenvalue weighted by Crippen LogP contribution is -2.58. The normalized spacial score (nSPS) is 40.0. The Morgan fingerprint density at radius 1 is 1.22 bits per heavy atom. The minimum atomic E-state index is -0.433. The summed E-state index contributed by atoms with van der Waals surface area (Å²) >= 11 is 0. The van der Waals surface area contributed by atoms with Gasteiger partial charge in [0.25, 0.3) is 0 Å². The molecule has 4 nitrogen and oxygen atoms in total. The lowest BCUT2D eigenvalue weighted by molar-refractivity contribution is -0.0932. The summed E-state index contributed by atoms with van der Waals surface area (Å²) in [7, 11) is 0. The van der Waals surface area contributed by atoms with Crippen molar-refractivity contribution in [1.82, 2.24) is 4.90 Å². The molecule has 2 saturated carbocycles. The van der Waals surface area contributed by atoms with Gasteiger partial charge >= 0.3 is 6.09 Å². The van der Waals surface area contributed by atoms with E-state index < -0.39 is 5.60 Å². The number of nitriles is 1. The molecule has 23 heavy (non-hydrogen) atoms. The van der Waals surface area contributed by atoms with Gasteiger partial charge in [-0.1, -0.05) is 6.92 Å². The van der Waals surface area contributed by atoms with Crippen LogP contribution in [0, 0.1) is 34.5 Å². The van der Waals surface area contributed by atoms with Gasteiger partial charge in [-0.15, -0.1) is 0 Å². The highest BCUT2D eigenvalue weighted by Gasteiger charge is 2.56. The van der Waals surface area contributed by atoms with Crippen LogP contribution in [0.1, 0.15) is 66.2 Å². The fraction of sp³-hybridized carbons (Fsp3) is 0.895. The standard InChI is InChI=1S/C19H30N2O2/c1-13-5-6-16(21(12-13)17(22)23-18(2,3)4)15-9-19(10-15)7-14(8-19)11-20/h13-16H,5-10,12H2,1-4H3. The van der Waals surface area contributed by atoms with Gasteiger partial charge in [-0.3, -0.25) is 0 Å². The third-order valence-corrected chi connectivity index (χ3v) is 5.97. The highest BCUT2D eigenvalue weighted by molar-refractivity contribution is 5.68. The molecule has 1 spiro atoms. The fourth-order valence-electron chi connectivity index (χ4n) is 4.93. The van der Waals surface area contributed by atoms with E-state index in [1.165, 1.54) is 19.3 Å². The first-order valence-electron chi connectivity index (χ1n) is 9.11. The molecule has 2 atom stereocenters. The Morgan fingerprint density at radius 2 is 1.87 bits per heavy atom. The van der Waals surface area contributed by atoms with E-state index in [4.69, 9.17) is 10.00 Å². The molecule has 1 saturated heterocycles. The maximum absolute atomic E-state index is 12.6. The van der Waals surface area contributed by atoms with Crippen molar-refractivity contribution in [3.8, 4) is 6.07 Å². The van der Waals surface area contributed by atoms with Gasteiger partial charge in [-0.2, -0.15) is 5.26 Å². The highest BCUT2D eigenvalue weighted by Crippen LogP contribution is 2.62. The monoisotopic (exact) mass is 318 g/mol. The first-order valence-corrected chi connectivity index (χ1v) is 9.11. The zero-order valence-electron chi connectivity index (χ0n) is 15.0. The van der Waals surface area contributed by atoms with E-state index in [1.54, 1.807) is 0 Å². The van der Waals surface area contributed by atoms with Crippen molar-refractivity contribution >= 4 is 6.09 Å². The Kier molecular flexibility index (Phi) is 4.11. The third kappa shape index (κ3) is 3.34. The third-order valence-electron chi connectivity index (χ3n) is 5.97. The van der Waals surface area contributed by atoms with Crippen molar-refractivity contribution in [2.24, 2.45) is 23.2 Å². The Balaban J connectivity index is 1.61. The molecular formula is C19H30N2O2. The van der Waals surface area contributed by atoms with E-state index >= 15 is 0 Å². The number of carbonyl (C=O) groups is 1. The SMILES string of the molecule is CC1CCC(C2CC3(CC(C#N)C3)C2)N(C(=O)OC(C)(C)C)C1. The molecule has 3 rings (SSSR count). The second-order valence-electron chi connectivity index (χ2n) is 9.29. The Morgan fingerprint density at radius 3 is 2.43 bits per heavy atom. The van der Waals surface area contributed by atoms with Gasteiger partial charge in [0.05, 0.1) is 6.07 Å². The van der Waals surface area contributed by atoms with Gasteiger partial charge in [-0.25, -0.2) is 4.79 Å². The number of ether oxygens (including phenoxy) is 1. The average Bonchev–Trinajstić information content (AvgIpc) is 2.35. The average molecular weight is 318 g/mol. The van der Waals surface area contributed by atoms with Crippen molar-refractivity contribution in [3.05, 3.63) is 0 Å². The van der Waals surface area contributed by atoms with Crippen LogP contribution in [-0.4, -0.2) is 29.2 Å². The molecule has 1 heterocycles. The van der Waals surface area contributed by atoms with Gasteiger partial charge in [-0.05, 0) is 76.5 Å². The summed E-state index contributed by atoms with van der Waals surface area (Å²) in [4.78, 5) is 14.6. The molecule has 3 fully saturated rings. The second-order valence-corrected chi connectivity index (χ2v) is 9.29. The predicted molar refractivity (Wildman–Crippen MR) is 88.6 cm³/mol. The van der Waals surface area contributed by atoms with Gasteiger partial charge < -0.3 is 9.64 Å². The Bertz CT molecular complexity index is 502. The van der Waals surface area contributed by atoms with Crippen LogP contribution in [0.15, 0.2) is 0 Å². The van der Waals surface area contributed by atoms with Crippen LogP contribution < -0.4 is 0 Å². The van der Waals surface area contributed by atoms with Crippen LogP contribution in [0.5, 0.6) is 0 Å². The van der Waals surface area contributed by atoms with Crippen LogP contribution in [0.25, 0.3) is 0 Å². The summed E-state index contributed by atoms with van der Waals surface area (Å²) in [5, 5.41) is 8.99. The maximum atomic E-state index is 12.6. The molecule has 3 aliphatic rings. The summed E-state index contributed by atoms with van der Waals surface area (Å²) < 4.78 is 5.65. The van der Waals surface area contributed by atoms with Gasteiger partial charge in [0.15, 0.2) is 0 Å². The Hall–Kier alpha value is -1.24. The van der Waals surface area contributed by atoms with Gasteiger partial charge in [0, 0.05) is 18.5 Å². The summed E-state index contributed by atoms with van der Waals surface area (Å²) in [6.07, 6.45) is 6.72. The van der Waals surface area contributed by atoms with Gasteiger partial charge in [0.1, 0.15) is 5.60 Å². The summed E-state index contributed by atoms with van der Waals surface area (Å²) in [6, 6.07) is 2.73. The van der Waals surface area contributed by atoms with E-state index in [1.807, 2.05) is 25.7 Å². The molecule has 2 unspecified atom stereocenters. The zero-order chi connectivity index (χ0) is 16.8. The molecule has 0 aromatic heterocycles. The van der Waals surface area contributed by atoms with E-state index in [2.05, 4.69) is 13.0 Å². The van der Waals surface area contributed by atoms with Crippen molar-refractivity contribution in [2.45, 2.75) is 77.9 Å². The first-order chi connectivity index (χ1) is 10.7. The minimum absolute atomic E-state index is 0.140. The highest BCUT2D eigenvalue weighted by atomic mass is 16.6. The molecule has 0 radical (unpaired) electrons. The van der Waals surface area contributed by atoms with E-state index in [9.17, 15) is 4.79 Å². The molecule has 4 heteroatoms. The van der Waals surface area contributed by atoms with Crippen LogP contribution in [0.3, 0.4) is 0 Å². The lowest BCUT2D eigenvalue weighted by Gasteiger charge is -2.59. The molecule has 0 aromatic carbocycles. The second kappa shape index (κ2) is 5.69. The molecule has 2 aliphatic carbocycles. The summed E-state index contributed by atoms with van der Waals surface area (Å²) in [6.45, 7) is 8.84. The van der Waals surface area contributed by atoms with Crippen LogP contribution in [-0.2, 0) is 4.74 Å². The molecule has 0 aromatic rings. The quantitative estimate of drug-likeness (QED) is 0.722. The van der Waals surface area contributed by atoms with Crippen molar-refractivity contribution in [1.29, 1.82) is 5.26 Å². The molecule has 0 bridgehead atoms. The molecule has 1 amide bonds. The van der Waals surface area contributed by atoms with Crippen molar-refractivity contribution in [3.63, 3.8) is 0 Å². The van der Waals surface area contributed by atoms with Crippen molar-refractivity contribution in [2.75, 3.05) is 6.54 Å². The number of piperidine rings is 1. The summed E-state index contributed by atoms with van der Waals surface area (Å²) in [5.74, 6) is 1.44. The largest absolute Gasteiger partial charge is 0.444 e. The Labute approximate surface area is 140 Å². The first kappa shape index (κ1) is 16.6. The molecule has 0 N–H and O–H groups in total. The van der Waals surface area contributed by atoms with Gasteiger partial charge in [0.2, 0.25) is 0 Å². The van der Waals surface area contributed by atoms with Crippen molar-refractivity contribution < 1.29 is 9.53 Å². The molecule has 1 aliphatic heterocycles. The smallest absolute Gasteiger partial charge is 0.410 e.